The van der Waals surface area contributed by atoms with E-state index in [0.29, 0.717) is 6.04 Å². The zero-order chi connectivity index (χ0) is 8.85. The standard InChI is InChI=1S/C9H18N2/c1-5-9(3)11(4)7-8(2)6-10/h8-9H,5,7H2,1-4H3. The van der Waals surface area contributed by atoms with Gasteiger partial charge in [-0.1, -0.05) is 6.92 Å². The lowest BCUT2D eigenvalue weighted by atomic mass is 10.1. The van der Waals surface area contributed by atoms with Crippen molar-refractivity contribution in [3.05, 3.63) is 0 Å². The van der Waals surface area contributed by atoms with Gasteiger partial charge in [-0.2, -0.15) is 5.26 Å². The summed E-state index contributed by atoms with van der Waals surface area (Å²) in [5.41, 5.74) is 0. The van der Waals surface area contributed by atoms with E-state index in [1.807, 2.05) is 6.92 Å². The second kappa shape index (κ2) is 5.15. The molecule has 0 heterocycles. The van der Waals surface area contributed by atoms with Gasteiger partial charge >= 0.3 is 0 Å². The molecule has 0 aromatic heterocycles. The lowest BCUT2D eigenvalue weighted by molar-refractivity contribution is 0.236. The Kier molecular flexibility index (Phi) is 4.89. The first-order chi connectivity index (χ1) is 5.11. The van der Waals surface area contributed by atoms with Crippen LogP contribution in [-0.4, -0.2) is 24.5 Å². The third-order valence-corrected chi connectivity index (χ3v) is 2.13. The molecule has 0 saturated heterocycles. The van der Waals surface area contributed by atoms with Gasteiger partial charge in [-0.05, 0) is 27.3 Å². The molecule has 0 aromatic rings. The van der Waals surface area contributed by atoms with E-state index in [1.165, 1.54) is 0 Å². The highest BCUT2D eigenvalue weighted by Gasteiger charge is 2.09. The van der Waals surface area contributed by atoms with E-state index in [4.69, 9.17) is 5.26 Å². The third kappa shape index (κ3) is 4.00. The molecule has 0 aliphatic heterocycles. The van der Waals surface area contributed by atoms with E-state index < -0.39 is 0 Å². The number of hydrogen-bond acceptors (Lipinski definition) is 2. The number of nitrogens with zero attached hydrogens (tertiary/aromatic N) is 2. The molecule has 0 N–H and O–H groups in total. The highest BCUT2D eigenvalue weighted by molar-refractivity contribution is 4.81. The highest BCUT2D eigenvalue weighted by atomic mass is 15.1. The Morgan fingerprint density at radius 1 is 1.45 bits per heavy atom. The molecule has 2 unspecified atom stereocenters. The zero-order valence-corrected chi connectivity index (χ0v) is 7.96. The smallest absolute Gasteiger partial charge is 0.0666 e. The topological polar surface area (TPSA) is 27.0 Å². The molecule has 0 aromatic carbocycles. The van der Waals surface area contributed by atoms with Crippen molar-refractivity contribution in [2.45, 2.75) is 33.2 Å². The molecule has 0 fully saturated rings. The van der Waals surface area contributed by atoms with Crippen LogP contribution in [0.1, 0.15) is 27.2 Å². The molecule has 0 aliphatic rings. The minimum atomic E-state index is 0.147. The fraction of sp³-hybridized carbons (Fsp3) is 0.889. The second-order valence-corrected chi connectivity index (χ2v) is 3.23. The average Bonchev–Trinajstić information content (AvgIpc) is 2.02. The van der Waals surface area contributed by atoms with Crippen LogP contribution in [0, 0.1) is 17.2 Å². The molecule has 64 valence electrons. The molecule has 2 heteroatoms. The Hall–Kier alpha value is -0.550. The Balaban J connectivity index is 3.69. The molecule has 0 bridgehead atoms. The molecular weight excluding hydrogens is 136 g/mol. The lowest BCUT2D eigenvalue weighted by Crippen LogP contribution is -2.31. The van der Waals surface area contributed by atoms with Crippen LogP contribution in [0.15, 0.2) is 0 Å². The summed E-state index contributed by atoms with van der Waals surface area (Å²) in [7, 11) is 2.07. The predicted octanol–water partition coefficient (Wildman–Crippen LogP) is 1.88. The molecule has 2 atom stereocenters. The van der Waals surface area contributed by atoms with Gasteiger partial charge in [0, 0.05) is 12.6 Å². The number of hydrogen-bond donors (Lipinski definition) is 0. The van der Waals surface area contributed by atoms with E-state index >= 15 is 0 Å². The maximum absolute atomic E-state index is 8.56. The van der Waals surface area contributed by atoms with Gasteiger partial charge in [-0.15, -0.1) is 0 Å². The lowest BCUT2D eigenvalue weighted by Gasteiger charge is -2.24. The number of nitriles is 1. The van der Waals surface area contributed by atoms with Crippen molar-refractivity contribution < 1.29 is 0 Å². The summed E-state index contributed by atoms with van der Waals surface area (Å²) in [6, 6.07) is 2.82. The summed E-state index contributed by atoms with van der Waals surface area (Å²) in [6.07, 6.45) is 1.15. The van der Waals surface area contributed by atoms with Crippen LogP contribution in [-0.2, 0) is 0 Å². The minimum Gasteiger partial charge on any atom is -0.302 e. The van der Waals surface area contributed by atoms with Crippen molar-refractivity contribution in [3.63, 3.8) is 0 Å². The molecule has 0 amide bonds. The van der Waals surface area contributed by atoms with Gasteiger partial charge in [-0.25, -0.2) is 0 Å². The van der Waals surface area contributed by atoms with Crippen LogP contribution < -0.4 is 0 Å². The molecule has 0 spiro atoms. The Morgan fingerprint density at radius 2 is 2.00 bits per heavy atom. The third-order valence-electron chi connectivity index (χ3n) is 2.13. The van der Waals surface area contributed by atoms with Crippen molar-refractivity contribution in [1.82, 2.24) is 4.90 Å². The maximum atomic E-state index is 8.56. The van der Waals surface area contributed by atoms with Crippen LogP contribution in [0.4, 0.5) is 0 Å². The minimum absolute atomic E-state index is 0.147. The maximum Gasteiger partial charge on any atom is 0.0666 e. The van der Waals surface area contributed by atoms with Gasteiger partial charge in [0.25, 0.3) is 0 Å². The zero-order valence-electron chi connectivity index (χ0n) is 7.96. The fourth-order valence-corrected chi connectivity index (χ4v) is 0.964. The number of rotatable bonds is 4. The van der Waals surface area contributed by atoms with Crippen molar-refractivity contribution in [2.75, 3.05) is 13.6 Å². The summed E-state index contributed by atoms with van der Waals surface area (Å²) >= 11 is 0. The predicted molar refractivity (Wildman–Crippen MR) is 47.2 cm³/mol. The monoisotopic (exact) mass is 154 g/mol. The van der Waals surface area contributed by atoms with Crippen molar-refractivity contribution >= 4 is 0 Å². The second-order valence-electron chi connectivity index (χ2n) is 3.23. The quantitative estimate of drug-likeness (QED) is 0.618. The summed E-state index contributed by atoms with van der Waals surface area (Å²) in [6.45, 7) is 7.19. The largest absolute Gasteiger partial charge is 0.302 e. The first-order valence-electron chi connectivity index (χ1n) is 4.21. The van der Waals surface area contributed by atoms with Crippen LogP contribution in [0.5, 0.6) is 0 Å². The van der Waals surface area contributed by atoms with Crippen LogP contribution in [0.25, 0.3) is 0 Å². The van der Waals surface area contributed by atoms with E-state index in [-0.39, 0.29) is 5.92 Å². The summed E-state index contributed by atoms with van der Waals surface area (Å²) in [5, 5.41) is 8.56. The van der Waals surface area contributed by atoms with Gasteiger partial charge in [0.05, 0.1) is 12.0 Å². The first kappa shape index (κ1) is 10.4. The van der Waals surface area contributed by atoms with E-state index in [9.17, 15) is 0 Å². The van der Waals surface area contributed by atoms with Gasteiger partial charge in [-0.3, -0.25) is 0 Å². The fourth-order valence-electron chi connectivity index (χ4n) is 0.964. The average molecular weight is 154 g/mol. The van der Waals surface area contributed by atoms with Crippen molar-refractivity contribution in [3.8, 4) is 6.07 Å². The summed E-state index contributed by atoms with van der Waals surface area (Å²) in [5.74, 6) is 0.147. The molecule has 0 aliphatic carbocycles. The van der Waals surface area contributed by atoms with Gasteiger partial charge in [0.1, 0.15) is 0 Å². The Labute approximate surface area is 69.8 Å². The van der Waals surface area contributed by atoms with Crippen molar-refractivity contribution in [1.29, 1.82) is 5.26 Å². The van der Waals surface area contributed by atoms with E-state index in [2.05, 4.69) is 31.9 Å². The molecule has 0 saturated carbocycles. The first-order valence-corrected chi connectivity index (χ1v) is 4.21. The molecule has 2 nitrogen and oxygen atoms in total. The normalized spacial score (nSPS) is 16.0. The Morgan fingerprint density at radius 3 is 2.36 bits per heavy atom. The van der Waals surface area contributed by atoms with E-state index in [0.717, 1.165) is 13.0 Å². The molecule has 11 heavy (non-hydrogen) atoms. The molecular formula is C9H18N2. The highest BCUT2D eigenvalue weighted by Crippen LogP contribution is 2.03. The van der Waals surface area contributed by atoms with Crippen LogP contribution in [0.3, 0.4) is 0 Å². The Bertz CT molecular complexity index is 137. The summed E-state index contributed by atoms with van der Waals surface area (Å²) in [4.78, 5) is 2.23. The van der Waals surface area contributed by atoms with Gasteiger partial charge in [0.15, 0.2) is 0 Å². The molecule has 0 rings (SSSR count). The van der Waals surface area contributed by atoms with Crippen LogP contribution >= 0.6 is 0 Å². The molecule has 0 radical (unpaired) electrons. The SMILES string of the molecule is CCC(C)N(C)CC(C)C#N. The summed E-state index contributed by atoms with van der Waals surface area (Å²) < 4.78 is 0. The van der Waals surface area contributed by atoms with Gasteiger partial charge in [0.2, 0.25) is 0 Å². The van der Waals surface area contributed by atoms with Crippen LogP contribution in [0.2, 0.25) is 0 Å². The van der Waals surface area contributed by atoms with E-state index in [1.54, 1.807) is 0 Å². The van der Waals surface area contributed by atoms with Crippen molar-refractivity contribution in [2.24, 2.45) is 5.92 Å². The van der Waals surface area contributed by atoms with Gasteiger partial charge < -0.3 is 4.90 Å².